The Morgan fingerprint density at radius 3 is 2.47 bits per heavy atom. The number of aliphatic hydroxyl groups excluding tert-OH is 1. The highest BCUT2D eigenvalue weighted by atomic mass is 16.6. The molecule has 162 valence electrons. The number of para-hydroxylation sites is 1. The van der Waals surface area contributed by atoms with Crippen LogP contribution in [0.25, 0.3) is 5.76 Å². The summed E-state index contributed by atoms with van der Waals surface area (Å²) in [5.41, 5.74) is 0.153. The first kappa shape index (κ1) is 21.0. The average molecular weight is 432 g/mol. The number of nitro benzene ring substituents is 1. The summed E-state index contributed by atoms with van der Waals surface area (Å²) < 4.78 is 1.83. The number of benzene rings is 2. The number of nitro groups is 1. The predicted octanol–water partition coefficient (Wildman–Crippen LogP) is 3.30. The third-order valence-electron chi connectivity index (χ3n) is 5.39. The molecule has 1 atom stereocenters. The molecule has 0 saturated carbocycles. The molecule has 0 bridgehead atoms. The lowest BCUT2D eigenvalue weighted by Crippen LogP contribution is -2.31. The number of ketones is 1. The number of Topliss-reactive ketones (excluding diaryl/α,β-unsaturated/α-hetero) is 1. The van der Waals surface area contributed by atoms with E-state index in [9.17, 15) is 24.8 Å². The monoisotopic (exact) mass is 432 g/mol. The quantitative estimate of drug-likeness (QED) is 0.201. The van der Waals surface area contributed by atoms with E-state index in [-0.39, 0.29) is 29.1 Å². The number of amides is 1. The predicted molar refractivity (Wildman–Crippen MR) is 115 cm³/mol. The minimum absolute atomic E-state index is 0.155. The van der Waals surface area contributed by atoms with Crippen molar-refractivity contribution in [2.75, 3.05) is 6.54 Å². The lowest BCUT2D eigenvalue weighted by molar-refractivity contribution is -0.385. The molecule has 1 fully saturated rings. The zero-order valence-electron chi connectivity index (χ0n) is 17.0. The second kappa shape index (κ2) is 8.84. The summed E-state index contributed by atoms with van der Waals surface area (Å²) in [6.45, 7) is 0.719. The number of carbonyl (C=O) groups is 2. The third kappa shape index (κ3) is 3.87. The van der Waals surface area contributed by atoms with Gasteiger partial charge in [-0.1, -0.05) is 42.5 Å². The summed E-state index contributed by atoms with van der Waals surface area (Å²) in [5.74, 6) is -2.02. The molecule has 0 aliphatic carbocycles. The molecule has 1 amide bonds. The highest BCUT2D eigenvalue weighted by Crippen LogP contribution is 2.42. The summed E-state index contributed by atoms with van der Waals surface area (Å²) in [6.07, 6.45) is 5.55. The van der Waals surface area contributed by atoms with Crippen molar-refractivity contribution in [3.63, 3.8) is 0 Å². The molecule has 1 saturated heterocycles. The van der Waals surface area contributed by atoms with Crippen molar-refractivity contribution in [3.8, 4) is 0 Å². The summed E-state index contributed by atoms with van der Waals surface area (Å²) in [7, 11) is 0. The molecule has 1 N–H and O–H groups in total. The van der Waals surface area contributed by atoms with Gasteiger partial charge in [-0.2, -0.15) is 0 Å². The zero-order valence-corrected chi connectivity index (χ0v) is 17.0. The second-order valence-corrected chi connectivity index (χ2v) is 7.33. The van der Waals surface area contributed by atoms with Crippen LogP contribution in [0.1, 0.15) is 23.6 Å². The van der Waals surface area contributed by atoms with Gasteiger partial charge in [-0.15, -0.1) is 0 Å². The van der Waals surface area contributed by atoms with Gasteiger partial charge in [0.05, 0.1) is 28.4 Å². The maximum Gasteiger partial charge on any atom is 0.295 e. The number of rotatable bonds is 7. The lowest BCUT2D eigenvalue weighted by atomic mass is 9.94. The van der Waals surface area contributed by atoms with Crippen LogP contribution >= 0.6 is 0 Å². The Hall–Kier alpha value is -4.27. The number of imidazole rings is 1. The van der Waals surface area contributed by atoms with Crippen molar-refractivity contribution in [2.24, 2.45) is 0 Å². The standard InChI is InChI=1S/C23H20N4O5/c28-21(16-7-2-1-3-8-16)19-20(17-9-4-5-10-18(17)27(31)32)26(23(30)22(19)29)13-6-12-25-14-11-24-15-25/h1-5,7-11,14-15,20,28H,6,12-13H2/b21-19+/t20-/m1/s1. The summed E-state index contributed by atoms with van der Waals surface area (Å²) >= 11 is 0. The number of hydrogen-bond acceptors (Lipinski definition) is 6. The van der Waals surface area contributed by atoms with Crippen LogP contribution < -0.4 is 0 Å². The molecule has 1 aliphatic heterocycles. The molecule has 9 nitrogen and oxygen atoms in total. The number of carbonyl (C=O) groups excluding carboxylic acids is 2. The fourth-order valence-electron chi connectivity index (χ4n) is 3.91. The van der Waals surface area contributed by atoms with Gasteiger partial charge in [0.15, 0.2) is 0 Å². The largest absolute Gasteiger partial charge is 0.507 e. The minimum Gasteiger partial charge on any atom is -0.507 e. The van der Waals surface area contributed by atoms with Gasteiger partial charge in [0.2, 0.25) is 0 Å². The van der Waals surface area contributed by atoms with E-state index in [1.54, 1.807) is 55.1 Å². The fraction of sp³-hybridized carbons (Fsp3) is 0.174. The Bertz CT molecular complexity index is 1190. The van der Waals surface area contributed by atoms with Gasteiger partial charge in [-0.3, -0.25) is 19.7 Å². The van der Waals surface area contributed by atoms with E-state index in [2.05, 4.69) is 4.98 Å². The lowest BCUT2D eigenvalue weighted by Gasteiger charge is -2.25. The van der Waals surface area contributed by atoms with Crippen molar-refractivity contribution >= 4 is 23.1 Å². The van der Waals surface area contributed by atoms with Gasteiger partial charge in [-0.05, 0) is 12.5 Å². The van der Waals surface area contributed by atoms with Crippen LogP contribution in [-0.2, 0) is 16.1 Å². The zero-order chi connectivity index (χ0) is 22.7. The Morgan fingerprint density at radius 2 is 1.78 bits per heavy atom. The van der Waals surface area contributed by atoms with E-state index >= 15 is 0 Å². The SMILES string of the molecule is O=C1C(=O)N(CCCn2ccnc2)[C@H](c2ccccc2[N+](=O)[O-])/C1=C(\O)c1ccccc1. The van der Waals surface area contributed by atoms with Crippen LogP contribution in [0.4, 0.5) is 5.69 Å². The van der Waals surface area contributed by atoms with E-state index in [4.69, 9.17) is 0 Å². The van der Waals surface area contributed by atoms with E-state index in [1.165, 1.54) is 23.1 Å². The summed E-state index contributed by atoms with van der Waals surface area (Å²) in [6, 6.07) is 13.2. The number of likely N-dealkylation sites (tertiary alicyclic amines) is 1. The molecular formula is C23H20N4O5. The number of hydrogen-bond donors (Lipinski definition) is 1. The average Bonchev–Trinajstić information content (AvgIpc) is 3.41. The van der Waals surface area contributed by atoms with Crippen LogP contribution in [0.3, 0.4) is 0 Å². The molecule has 1 aromatic heterocycles. The van der Waals surface area contributed by atoms with Crippen molar-refractivity contribution in [1.29, 1.82) is 0 Å². The normalized spacial score (nSPS) is 17.6. The maximum atomic E-state index is 13.0. The fourth-order valence-corrected chi connectivity index (χ4v) is 3.91. The first-order chi connectivity index (χ1) is 15.5. The van der Waals surface area contributed by atoms with Crippen molar-refractivity contribution in [3.05, 3.63) is 100 Å². The van der Waals surface area contributed by atoms with Gasteiger partial charge in [0.1, 0.15) is 5.76 Å². The van der Waals surface area contributed by atoms with Crippen molar-refractivity contribution in [2.45, 2.75) is 19.0 Å². The van der Waals surface area contributed by atoms with Crippen LogP contribution in [0.15, 0.2) is 78.9 Å². The molecule has 9 heteroatoms. The molecule has 2 aromatic carbocycles. The van der Waals surface area contributed by atoms with Gasteiger partial charge < -0.3 is 14.6 Å². The van der Waals surface area contributed by atoms with Crippen LogP contribution in [0.2, 0.25) is 0 Å². The van der Waals surface area contributed by atoms with Crippen LogP contribution in [0.5, 0.6) is 0 Å². The topological polar surface area (TPSA) is 119 Å². The van der Waals surface area contributed by atoms with Crippen LogP contribution in [0, 0.1) is 10.1 Å². The van der Waals surface area contributed by atoms with E-state index in [1.807, 2.05) is 4.57 Å². The molecule has 32 heavy (non-hydrogen) atoms. The first-order valence-electron chi connectivity index (χ1n) is 10.0. The minimum atomic E-state index is -1.07. The summed E-state index contributed by atoms with van der Waals surface area (Å²) in [4.78, 5) is 42.4. The first-order valence-corrected chi connectivity index (χ1v) is 10.0. The molecule has 0 unspecified atom stereocenters. The summed E-state index contributed by atoms with van der Waals surface area (Å²) in [5, 5.41) is 22.7. The number of nitrogens with zero attached hydrogens (tertiary/aromatic N) is 4. The Morgan fingerprint density at radius 1 is 1.06 bits per heavy atom. The highest BCUT2D eigenvalue weighted by molar-refractivity contribution is 6.46. The van der Waals surface area contributed by atoms with Gasteiger partial charge >= 0.3 is 0 Å². The smallest absolute Gasteiger partial charge is 0.295 e. The molecule has 0 radical (unpaired) electrons. The maximum absolute atomic E-state index is 13.0. The Labute approximate surface area is 183 Å². The van der Waals surface area contributed by atoms with Crippen molar-refractivity contribution < 1.29 is 19.6 Å². The Balaban J connectivity index is 1.79. The molecule has 1 aliphatic rings. The van der Waals surface area contributed by atoms with Crippen LogP contribution in [-0.4, -0.2) is 42.7 Å². The third-order valence-corrected chi connectivity index (χ3v) is 5.39. The Kier molecular flexibility index (Phi) is 5.80. The molecule has 3 aromatic rings. The molecule has 0 spiro atoms. The van der Waals surface area contributed by atoms with Gasteiger partial charge in [0, 0.05) is 37.1 Å². The van der Waals surface area contributed by atoms with E-state index < -0.39 is 22.7 Å². The van der Waals surface area contributed by atoms with Gasteiger partial charge in [0.25, 0.3) is 17.4 Å². The van der Waals surface area contributed by atoms with E-state index in [0.717, 1.165) is 0 Å². The molecule has 4 rings (SSSR count). The van der Waals surface area contributed by atoms with E-state index in [0.29, 0.717) is 18.5 Å². The second-order valence-electron chi connectivity index (χ2n) is 7.33. The van der Waals surface area contributed by atoms with Gasteiger partial charge in [-0.25, -0.2) is 4.98 Å². The molecule has 2 heterocycles. The van der Waals surface area contributed by atoms with Crippen molar-refractivity contribution in [1.82, 2.24) is 14.5 Å². The number of aryl methyl sites for hydroxylation is 1. The highest BCUT2D eigenvalue weighted by Gasteiger charge is 2.47. The molecular weight excluding hydrogens is 412 g/mol. The number of aliphatic hydroxyl groups is 1. The number of aromatic nitrogens is 2.